The number of halogens is 2. The molecule has 5 aromatic rings. The van der Waals surface area contributed by atoms with Crippen molar-refractivity contribution in [3.05, 3.63) is 154 Å². The standard InChI is InChI=1S/C35H24Cl2N2O7/c36-26-12-17-28(18-13-26)44-35(45-29-19-14-27(37)15-20-29)32(40)39-38-22-25-11-16-30(43-33(41)23-7-3-1-4-8-23)21-31(25)46-34(42)24-9-5-2-6-10-24/h1-22,35H,(H,39,40)/b38-22+. The minimum Gasteiger partial charge on any atom is -0.446 e. The summed E-state index contributed by atoms with van der Waals surface area (Å²) >= 11 is 11.9. The Bertz CT molecular complexity index is 1790. The third-order valence-corrected chi connectivity index (χ3v) is 6.63. The monoisotopic (exact) mass is 654 g/mol. The van der Waals surface area contributed by atoms with E-state index in [0.29, 0.717) is 32.7 Å². The number of nitrogens with zero attached hydrogens (tertiary/aromatic N) is 1. The normalized spacial score (nSPS) is 10.8. The van der Waals surface area contributed by atoms with Crippen LogP contribution >= 0.6 is 23.2 Å². The van der Waals surface area contributed by atoms with Crippen LogP contribution in [0, 0.1) is 0 Å². The van der Waals surface area contributed by atoms with Crippen LogP contribution in [0.4, 0.5) is 0 Å². The Balaban J connectivity index is 1.35. The molecule has 0 atom stereocenters. The highest BCUT2D eigenvalue weighted by molar-refractivity contribution is 6.30. The lowest BCUT2D eigenvalue weighted by molar-refractivity contribution is -0.140. The molecule has 0 radical (unpaired) electrons. The van der Waals surface area contributed by atoms with Crippen molar-refractivity contribution in [1.29, 1.82) is 0 Å². The van der Waals surface area contributed by atoms with E-state index in [0.717, 1.165) is 0 Å². The highest BCUT2D eigenvalue weighted by Gasteiger charge is 2.23. The molecule has 11 heteroatoms. The number of esters is 2. The van der Waals surface area contributed by atoms with Crippen LogP contribution in [0.2, 0.25) is 10.0 Å². The summed E-state index contributed by atoms with van der Waals surface area (Å²) < 4.78 is 22.7. The molecule has 0 unspecified atom stereocenters. The number of carbonyl (C=O) groups excluding carboxylic acids is 3. The number of amides is 1. The van der Waals surface area contributed by atoms with Crippen LogP contribution in [0.3, 0.4) is 0 Å². The molecule has 46 heavy (non-hydrogen) atoms. The van der Waals surface area contributed by atoms with E-state index < -0.39 is 24.1 Å². The van der Waals surface area contributed by atoms with Gasteiger partial charge < -0.3 is 18.9 Å². The number of benzene rings is 5. The maximum absolute atomic E-state index is 13.2. The number of carbonyl (C=O) groups is 3. The molecule has 230 valence electrons. The lowest BCUT2D eigenvalue weighted by Crippen LogP contribution is -2.40. The second-order valence-electron chi connectivity index (χ2n) is 9.42. The minimum atomic E-state index is -1.46. The van der Waals surface area contributed by atoms with Crippen molar-refractivity contribution < 1.29 is 33.3 Å². The molecular formula is C35H24Cl2N2O7. The van der Waals surface area contributed by atoms with Gasteiger partial charge in [-0.1, -0.05) is 59.6 Å². The molecule has 0 fully saturated rings. The molecule has 9 nitrogen and oxygen atoms in total. The molecule has 5 rings (SSSR count). The first kappa shape index (κ1) is 31.8. The Morgan fingerprint density at radius 1 is 0.609 bits per heavy atom. The molecule has 0 aromatic heterocycles. The molecule has 0 spiro atoms. The minimum absolute atomic E-state index is 0.0246. The zero-order valence-electron chi connectivity index (χ0n) is 23.8. The lowest BCUT2D eigenvalue weighted by Gasteiger charge is -2.19. The van der Waals surface area contributed by atoms with Gasteiger partial charge in [0.25, 0.3) is 0 Å². The number of hydrogen-bond donors (Lipinski definition) is 1. The fourth-order valence-electron chi connectivity index (χ4n) is 3.87. The summed E-state index contributed by atoms with van der Waals surface area (Å²) in [6.45, 7) is 0. The number of ether oxygens (including phenoxy) is 4. The van der Waals surface area contributed by atoms with Crippen molar-refractivity contribution >= 4 is 47.3 Å². The molecule has 1 amide bonds. The fraction of sp³-hybridized carbons (Fsp3) is 0.0286. The first-order valence-corrected chi connectivity index (χ1v) is 14.5. The van der Waals surface area contributed by atoms with Gasteiger partial charge in [-0.05, 0) is 84.9 Å². The van der Waals surface area contributed by atoms with Crippen LogP contribution < -0.4 is 24.4 Å². The predicted octanol–water partition coefficient (Wildman–Crippen LogP) is 7.37. The maximum Gasteiger partial charge on any atom is 0.343 e. The van der Waals surface area contributed by atoms with Crippen molar-refractivity contribution in [1.82, 2.24) is 5.43 Å². The average Bonchev–Trinajstić information content (AvgIpc) is 3.08. The molecule has 0 saturated carbocycles. The van der Waals surface area contributed by atoms with Gasteiger partial charge >= 0.3 is 24.1 Å². The maximum atomic E-state index is 13.2. The average molecular weight is 655 g/mol. The second kappa shape index (κ2) is 15.4. The Kier molecular flexibility index (Phi) is 10.6. The molecule has 0 aliphatic rings. The summed E-state index contributed by atoms with van der Waals surface area (Å²) in [6, 6.07) is 33.9. The van der Waals surface area contributed by atoms with E-state index in [1.807, 2.05) is 0 Å². The summed E-state index contributed by atoms with van der Waals surface area (Å²) in [5.41, 5.74) is 3.31. The van der Waals surface area contributed by atoms with E-state index in [9.17, 15) is 14.4 Å². The van der Waals surface area contributed by atoms with Crippen LogP contribution in [0.25, 0.3) is 0 Å². The number of hydrogen-bond acceptors (Lipinski definition) is 8. The van der Waals surface area contributed by atoms with E-state index in [4.69, 9.17) is 42.1 Å². The highest BCUT2D eigenvalue weighted by atomic mass is 35.5. The zero-order valence-corrected chi connectivity index (χ0v) is 25.4. The van der Waals surface area contributed by atoms with E-state index in [1.165, 1.54) is 24.4 Å². The first-order chi connectivity index (χ1) is 22.3. The van der Waals surface area contributed by atoms with Crippen molar-refractivity contribution in [3.63, 3.8) is 0 Å². The summed E-state index contributed by atoms with van der Waals surface area (Å²) in [5.74, 6) is -1.22. The summed E-state index contributed by atoms with van der Waals surface area (Å²) in [7, 11) is 0. The van der Waals surface area contributed by atoms with Crippen LogP contribution in [-0.4, -0.2) is 30.4 Å². The summed E-state index contributed by atoms with van der Waals surface area (Å²) in [6.07, 6.45) is -0.203. The predicted molar refractivity (Wildman–Crippen MR) is 173 cm³/mol. The fourth-order valence-corrected chi connectivity index (χ4v) is 4.12. The third kappa shape index (κ3) is 8.95. The quantitative estimate of drug-likeness (QED) is 0.0520. The Hall–Kier alpha value is -5.64. The molecule has 0 bridgehead atoms. The topological polar surface area (TPSA) is 113 Å². The summed E-state index contributed by atoms with van der Waals surface area (Å²) in [4.78, 5) is 38.7. The van der Waals surface area contributed by atoms with Gasteiger partial charge in [-0.15, -0.1) is 0 Å². The largest absolute Gasteiger partial charge is 0.446 e. The van der Waals surface area contributed by atoms with Gasteiger partial charge in [0.05, 0.1) is 17.3 Å². The molecule has 0 aliphatic heterocycles. The number of hydrazone groups is 1. The van der Waals surface area contributed by atoms with E-state index in [-0.39, 0.29) is 17.1 Å². The van der Waals surface area contributed by atoms with Crippen molar-refractivity contribution in [2.45, 2.75) is 6.29 Å². The Morgan fingerprint density at radius 2 is 1.09 bits per heavy atom. The van der Waals surface area contributed by atoms with Gasteiger partial charge in [0.2, 0.25) is 0 Å². The smallest absolute Gasteiger partial charge is 0.343 e. The summed E-state index contributed by atoms with van der Waals surface area (Å²) in [5, 5.41) is 5.00. The Morgan fingerprint density at radius 3 is 1.61 bits per heavy atom. The van der Waals surface area contributed by atoms with Gasteiger partial charge in [0.1, 0.15) is 23.0 Å². The van der Waals surface area contributed by atoms with Gasteiger partial charge in [-0.2, -0.15) is 5.10 Å². The SMILES string of the molecule is O=C(Oc1ccc(/C=N/NC(=O)C(Oc2ccc(Cl)cc2)Oc2ccc(Cl)cc2)c(OC(=O)c2ccccc2)c1)c1ccccc1. The molecule has 0 heterocycles. The van der Waals surface area contributed by atoms with Crippen molar-refractivity contribution in [2.75, 3.05) is 0 Å². The third-order valence-electron chi connectivity index (χ3n) is 6.12. The second-order valence-corrected chi connectivity index (χ2v) is 10.3. The van der Waals surface area contributed by atoms with Crippen LogP contribution in [0.15, 0.2) is 132 Å². The van der Waals surface area contributed by atoms with Gasteiger partial charge in [-0.25, -0.2) is 15.0 Å². The van der Waals surface area contributed by atoms with E-state index >= 15 is 0 Å². The zero-order chi connectivity index (χ0) is 32.3. The Labute approximate surface area is 273 Å². The van der Waals surface area contributed by atoms with E-state index in [1.54, 1.807) is 109 Å². The van der Waals surface area contributed by atoms with Crippen LogP contribution in [0.5, 0.6) is 23.0 Å². The van der Waals surface area contributed by atoms with Crippen LogP contribution in [-0.2, 0) is 4.79 Å². The molecule has 0 saturated heterocycles. The highest BCUT2D eigenvalue weighted by Crippen LogP contribution is 2.26. The molecule has 1 N–H and O–H groups in total. The first-order valence-electron chi connectivity index (χ1n) is 13.7. The van der Waals surface area contributed by atoms with Crippen molar-refractivity contribution in [3.8, 4) is 23.0 Å². The number of rotatable bonds is 11. The molecule has 0 aliphatic carbocycles. The number of nitrogens with one attached hydrogen (secondary N) is 1. The van der Waals surface area contributed by atoms with Gasteiger partial charge in [0, 0.05) is 21.7 Å². The molecular weight excluding hydrogens is 631 g/mol. The lowest BCUT2D eigenvalue weighted by atomic mass is 10.2. The van der Waals surface area contributed by atoms with Crippen LogP contribution in [0.1, 0.15) is 26.3 Å². The van der Waals surface area contributed by atoms with E-state index in [2.05, 4.69) is 10.5 Å². The van der Waals surface area contributed by atoms with Crippen molar-refractivity contribution in [2.24, 2.45) is 5.10 Å². The molecule has 5 aromatic carbocycles. The van der Waals surface area contributed by atoms with Gasteiger partial charge in [0.15, 0.2) is 0 Å². The van der Waals surface area contributed by atoms with Gasteiger partial charge in [-0.3, -0.25) is 4.79 Å².